The fourth-order valence-electron chi connectivity index (χ4n) is 5.45. The van der Waals surface area contributed by atoms with Gasteiger partial charge in [-0.3, -0.25) is 9.58 Å². The smallest absolute Gasteiger partial charge is 0.383 e. The first-order valence-corrected chi connectivity index (χ1v) is 10.7. The molecular formula is C21H24F5N5O. The third-order valence-electron chi connectivity index (χ3n) is 6.97. The van der Waals surface area contributed by atoms with Crippen LogP contribution in [-0.4, -0.2) is 58.4 Å². The average Bonchev–Trinajstić information content (AvgIpc) is 3.07. The highest BCUT2D eigenvalue weighted by atomic mass is 19.4. The molecule has 0 spiro atoms. The number of alkyl halides is 5. The molecule has 3 fully saturated rings. The highest BCUT2D eigenvalue weighted by Crippen LogP contribution is 2.64. The van der Waals surface area contributed by atoms with E-state index in [1.54, 1.807) is 6.07 Å². The molecule has 174 valence electrons. The van der Waals surface area contributed by atoms with E-state index in [1.165, 1.54) is 10.9 Å². The SMILES string of the molecule is Nc1ncc(-c2cc([C@H]3[C@@H]4CC(N5CCOCC5)C[C@@H]43)n(CC(F)F)n2)cc1C(F)(F)F. The molecule has 0 aromatic carbocycles. The second-order valence-corrected chi connectivity index (χ2v) is 8.81. The van der Waals surface area contributed by atoms with Crippen molar-refractivity contribution in [2.24, 2.45) is 11.8 Å². The summed E-state index contributed by atoms with van der Waals surface area (Å²) in [4.78, 5) is 6.08. The fraction of sp³-hybridized carbons (Fsp3) is 0.619. The Morgan fingerprint density at radius 2 is 1.81 bits per heavy atom. The lowest BCUT2D eigenvalue weighted by molar-refractivity contribution is -0.137. The number of hydrogen-bond donors (Lipinski definition) is 1. The number of pyridine rings is 1. The van der Waals surface area contributed by atoms with Gasteiger partial charge in [-0.1, -0.05) is 0 Å². The van der Waals surface area contributed by atoms with Crippen LogP contribution < -0.4 is 5.73 Å². The molecule has 5 rings (SSSR count). The van der Waals surface area contributed by atoms with E-state index in [0.29, 0.717) is 23.6 Å². The maximum atomic E-state index is 13.2. The molecule has 3 aliphatic rings. The Balaban J connectivity index is 1.39. The molecule has 0 radical (unpaired) electrons. The lowest BCUT2D eigenvalue weighted by atomic mass is 10.0. The van der Waals surface area contributed by atoms with Gasteiger partial charge in [-0.05, 0) is 36.8 Å². The van der Waals surface area contributed by atoms with Crippen molar-refractivity contribution in [3.63, 3.8) is 0 Å². The standard InChI is InChI=1S/C21H24F5N5O/c22-18(23)10-31-17(19-13-6-12(7-14(13)19)30-1-3-32-4-2-30)8-16(29-31)11-5-15(21(24,25)26)20(27)28-9-11/h5,8-9,12-14,18-19H,1-4,6-7,10H2,(H2,27,28)/t12?,13-,14+,19+. The van der Waals surface area contributed by atoms with Crippen LogP contribution in [0.5, 0.6) is 0 Å². The predicted octanol–water partition coefficient (Wildman–Crippen LogP) is 3.64. The van der Waals surface area contributed by atoms with Crippen LogP contribution in [0, 0.1) is 11.8 Å². The summed E-state index contributed by atoms with van der Waals surface area (Å²) in [7, 11) is 0. The summed E-state index contributed by atoms with van der Waals surface area (Å²) in [5.74, 6) is 0.258. The normalized spacial score (nSPS) is 28.3. The molecule has 2 aromatic rings. The summed E-state index contributed by atoms with van der Waals surface area (Å²) in [5, 5.41) is 4.23. The molecule has 1 unspecified atom stereocenters. The van der Waals surface area contributed by atoms with Gasteiger partial charge in [-0.15, -0.1) is 0 Å². The number of fused-ring (bicyclic) bond motifs is 1. The predicted molar refractivity (Wildman–Crippen MR) is 106 cm³/mol. The van der Waals surface area contributed by atoms with Crippen LogP contribution in [0.2, 0.25) is 0 Å². The van der Waals surface area contributed by atoms with Gasteiger partial charge < -0.3 is 10.5 Å². The van der Waals surface area contributed by atoms with E-state index >= 15 is 0 Å². The molecule has 2 N–H and O–H groups in total. The molecule has 2 aromatic heterocycles. The highest BCUT2D eigenvalue weighted by Gasteiger charge is 2.58. The number of hydrogen-bond acceptors (Lipinski definition) is 5. The maximum absolute atomic E-state index is 13.2. The zero-order chi connectivity index (χ0) is 22.6. The van der Waals surface area contributed by atoms with E-state index in [4.69, 9.17) is 10.5 Å². The Kier molecular flexibility index (Phi) is 5.36. The topological polar surface area (TPSA) is 69.2 Å². The quantitative estimate of drug-likeness (QED) is 0.695. The van der Waals surface area contributed by atoms with Gasteiger partial charge in [0.15, 0.2) is 0 Å². The van der Waals surface area contributed by atoms with Gasteiger partial charge in [0.05, 0.1) is 24.5 Å². The maximum Gasteiger partial charge on any atom is 0.419 e. The number of anilines is 1. The van der Waals surface area contributed by atoms with Crippen molar-refractivity contribution >= 4 is 5.82 Å². The van der Waals surface area contributed by atoms with Gasteiger partial charge in [0, 0.05) is 42.5 Å². The second kappa shape index (κ2) is 7.95. The van der Waals surface area contributed by atoms with Crippen LogP contribution in [0.15, 0.2) is 18.3 Å². The minimum Gasteiger partial charge on any atom is -0.383 e. The summed E-state index contributed by atoms with van der Waals surface area (Å²) in [6.07, 6.45) is -4.09. The summed E-state index contributed by atoms with van der Waals surface area (Å²) >= 11 is 0. The van der Waals surface area contributed by atoms with Gasteiger partial charge in [-0.25, -0.2) is 13.8 Å². The molecule has 32 heavy (non-hydrogen) atoms. The van der Waals surface area contributed by atoms with Crippen LogP contribution in [0.3, 0.4) is 0 Å². The van der Waals surface area contributed by atoms with Crippen molar-refractivity contribution in [3.8, 4) is 11.3 Å². The van der Waals surface area contributed by atoms with E-state index in [9.17, 15) is 22.0 Å². The lowest BCUT2D eigenvalue weighted by Gasteiger charge is -2.33. The number of nitrogen functional groups attached to an aromatic ring is 1. The molecule has 4 atom stereocenters. The Hall–Kier alpha value is -2.27. The van der Waals surface area contributed by atoms with Crippen molar-refractivity contribution in [1.29, 1.82) is 0 Å². The Bertz CT molecular complexity index is 975. The molecule has 3 heterocycles. The van der Waals surface area contributed by atoms with Crippen molar-refractivity contribution < 1.29 is 26.7 Å². The van der Waals surface area contributed by atoms with Crippen molar-refractivity contribution in [2.45, 2.75) is 43.9 Å². The van der Waals surface area contributed by atoms with Crippen LogP contribution in [-0.2, 0) is 17.5 Å². The van der Waals surface area contributed by atoms with E-state index in [-0.39, 0.29) is 17.2 Å². The van der Waals surface area contributed by atoms with Crippen LogP contribution in [0.25, 0.3) is 11.3 Å². The zero-order valence-electron chi connectivity index (χ0n) is 17.2. The third kappa shape index (κ3) is 3.96. The number of halogens is 5. The number of nitrogens with two attached hydrogens (primary N) is 1. The first-order chi connectivity index (χ1) is 15.2. The summed E-state index contributed by atoms with van der Waals surface area (Å²) in [6.45, 7) is 2.69. The molecule has 1 aliphatic heterocycles. The molecular weight excluding hydrogens is 433 g/mol. The van der Waals surface area contributed by atoms with Gasteiger partial charge >= 0.3 is 6.18 Å². The third-order valence-corrected chi connectivity index (χ3v) is 6.97. The number of ether oxygens (including phenoxy) is 1. The van der Waals surface area contributed by atoms with Crippen LogP contribution in [0.1, 0.15) is 30.0 Å². The minimum absolute atomic E-state index is 0.108. The van der Waals surface area contributed by atoms with Crippen molar-refractivity contribution in [1.82, 2.24) is 19.7 Å². The zero-order valence-corrected chi connectivity index (χ0v) is 17.2. The van der Waals surface area contributed by atoms with Crippen molar-refractivity contribution in [3.05, 3.63) is 29.6 Å². The van der Waals surface area contributed by atoms with E-state index in [2.05, 4.69) is 15.0 Å². The molecule has 6 nitrogen and oxygen atoms in total. The van der Waals surface area contributed by atoms with E-state index in [0.717, 1.165) is 45.2 Å². The van der Waals surface area contributed by atoms with Gasteiger partial charge in [-0.2, -0.15) is 18.3 Å². The first-order valence-electron chi connectivity index (χ1n) is 10.7. The van der Waals surface area contributed by atoms with E-state index < -0.39 is 30.5 Å². The van der Waals surface area contributed by atoms with Crippen LogP contribution in [0.4, 0.5) is 27.8 Å². The number of aromatic nitrogens is 3. The second-order valence-electron chi connectivity index (χ2n) is 8.81. The van der Waals surface area contributed by atoms with Gasteiger partial charge in [0.25, 0.3) is 6.43 Å². The number of rotatable bonds is 5. The molecule has 0 bridgehead atoms. The summed E-state index contributed by atoms with van der Waals surface area (Å²) < 4.78 is 72.8. The largest absolute Gasteiger partial charge is 0.419 e. The van der Waals surface area contributed by atoms with Gasteiger partial charge in [0.2, 0.25) is 0 Å². The first kappa shape index (κ1) is 21.6. The highest BCUT2D eigenvalue weighted by molar-refractivity contribution is 5.63. The molecule has 2 aliphatic carbocycles. The average molecular weight is 457 g/mol. The number of nitrogens with zero attached hydrogens (tertiary/aromatic N) is 4. The Morgan fingerprint density at radius 3 is 2.44 bits per heavy atom. The van der Waals surface area contributed by atoms with Crippen LogP contribution >= 0.6 is 0 Å². The molecule has 2 saturated carbocycles. The summed E-state index contributed by atoms with van der Waals surface area (Å²) in [5.41, 5.74) is 5.30. The monoisotopic (exact) mass is 457 g/mol. The van der Waals surface area contributed by atoms with Gasteiger partial charge in [0.1, 0.15) is 12.4 Å². The van der Waals surface area contributed by atoms with Crippen molar-refractivity contribution in [2.75, 3.05) is 32.0 Å². The minimum atomic E-state index is -4.66. The molecule has 11 heteroatoms. The molecule has 1 saturated heterocycles. The Morgan fingerprint density at radius 1 is 1.12 bits per heavy atom. The summed E-state index contributed by atoms with van der Waals surface area (Å²) in [6, 6.07) is 3.00. The number of morpholine rings is 1. The lowest BCUT2D eigenvalue weighted by Crippen LogP contribution is -2.43. The fourth-order valence-corrected chi connectivity index (χ4v) is 5.45. The Labute approximate surface area is 181 Å². The van der Waals surface area contributed by atoms with E-state index in [1.807, 2.05) is 0 Å². The molecule has 0 amide bonds.